The molecule has 0 saturated heterocycles. The summed E-state index contributed by atoms with van der Waals surface area (Å²) in [5.41, 5.74) is 1.55. The highest BCUT2D eigenvalue weighted by Crippen LogP contribution is 2.25. The second-order valence-electron chi connectivity index (χ2n) is 5.84. The van der Waals surface area contributed by atoms with Gasteiger partial charge in [-0.05, 0) is 37.4 Å². The van der Waals surface area contributed by atoms with Gasteiger partial charge >= 0.3 is 0 Å². The number of primary sulfonamides is 1. The summed E-state index contributed by atoms with van der Waals surface area (Å²) in [6.45, 7) is 0.535. The molecular weight excluding hydrogens is 388 g/mol. The fourth-order valence-corrected chi connectivity index (χ4v) is 4.32. The van der Waals surface area contributed by atoms with Crippen molar-refractivity contribution in [1.29, 1.82) is 0 Å². The van der Waals surface area contributed by atoms with Crippen LogP contribution >= 0.6 is 0 Å². The standard InChI is InChI=1S/C17H18N4O4S2/c1-19-11-13-9-8-12-4-2-7-16(17(12)20-13)21-27(24,25)15-6-3-5-14(10-15)26(18,22)23/h2-10,19,21H,11H2,1H3,(H2,18,22,23). The van der Waals surface area contributed by atoms with Gasteiger partial charge in [0.25, 0.3) is 10.0 Å². The maximum atomic E-state index is 12.7. The zero-order chi connectivity index (χ0) is 19.7. The van der Waals surface area contributed by atoms with Gasteiger partial charge in [-0.3, -0.25) is 4.72 Å². The van der Waals surface area contributed by atoms with Crippen LogP contribution in [-0.2, 0) is 26.6 Å². The molecule has 27 heavy (non-hydrogen) atoms. The Hall–Kier alpha value is -2.53. The summed E-state index contributed by atoms with van der Waals surface area (Å²) in [5, 5.41) is 8.85. The van der Waals surface area contributed by atoms with E-state index >= 15 is 0 Å². The number of pyridine rings is 1. The van der Waals surface area contributed by atoms with Crippen molar-refractivity contribution in [2.24, 2.45) is 5.14 Å². The van der Waals surface area contributed by atoms with Crippen LogP contribution < -0.4 is 15.2 Å². The third kappa shape index (κ3) is 4.25. The van der Waals surface area contributed by atoms with E-state index in [9.17, 15) is 16.8 Å². The summed E-state index contributed by atoms with van der Waals surface area (Å²) in [6, 6.07) is 13.7. The average molecular weight is 406 g/mol. The van der Waals surface area contributed by atoms with Crippen LogP contribution in [0.2, 0.25) is 0 Å². The van der Waals surface area contributed by atoms with Gasteiger partial charge in [-0.2, -0.15) is 0 Å². The van der Waals surface area contributed by atoms with Gasteiger partial charge in [-0.25, -0.2) is 27.0 Å². The largest absolute Gasteiger partial charge is 0.314 e. The van der Waals surface area contributed by atoms with E-state index in [1.54, 1.807) is 19.2 Å². The number of rotatable bonds is 6. The second kappa shape index (κ2) is 7.24. The van der Waals surface area contributed by atoms with Crippen molar-refractivity contribution in [3.63, 3.8) is 0 Å². The van der Waals surface area contributed by atoms with Crippen LogP contribution in [0.3, 0.4) is 0 Å². The molecule has 0 amide bonds. The maximum absolute atomic E-state index is 12.7. The van der Waals surface area contributed by atoms with E-state index in [1.165, 1.54) is 18.2 Å². The van der Waals surface area contributed by atoms with Gasteiger partial charge in [-0.1, -0.05) is 24.3 Å². The Morgan fingerprint density at radius 2 is 1.67 bits per heavy atom. The summed E-state index contributed by atoms with van der Waals surface area (Å²) >= 11 is 0. The van der Waals surface area contributed by atoms with Gasteiger partial charge in [0.15, 0.2) is 0 Å². The molecule has 2 aromatic carbocycles. The smallest absolute Gasteiger partial charge is 0.262 e. The quantitative estimate of drug-likeness (QED) is 0.567. The Bertz CT molecular complexity index is 1210. The molecule has 142 valence electrons. The summed E-state index contributed by atoms with van der Waals surface area (Å²) < 4.78 is 51.0. The third-order valence-electron chi connectivity index (χ3n) is 3.82. The molecule has 3 rings (SSSR count). The first kappa shape index (κ1) is 19.2. The highest BCUT2D eigenvalue weighted by molar-refractivity contribution is 7.93. The molecule has 0 radical (unpaired) electrons. The van der Waals surface area contributed by atoms with E-state index in [-0.39, 0.29) is 9.79 Å². The normalized spacial score (nSPS) is 12.2. The van der Waals surface area contributed by atoms with E-state index in [0.717, 1.165) is 17.1 Å². The lowest BCUT2D eigenvalue weighted by atomic mass is 10.2. The van der Waals surface area contributed by atoms with Gasteiger partial charge < -0.3 is 5.32 Å². The fraction of sp³-hybridized carbons (Fsp3) is 0.118. The molecule has 0 unspecified atom stereocenters. The summed E-state index contributed by atoms with van der Waals surface area (Å²) in [4.78, 5) is 4.00. The van der Waals surface area contributed by atoms with Crippen LogP contribution in [-0.4, -0.2) is 28.9 Å². The molecule has 0 fully saturated rings. The molecule has 0 spiro atoms. The molecule has 10 heteroatoms. The Balaban J connectivity index is 2.05. The molecular formula is C17H18N4O4S2. The first-order valence-electron chi connectivity index (χ1n) is 7.90. The monoisotopic (exact) mass is 406 g/mol. The number of fused-ring (bicyclic) bond motifs is 1. The van der Waals surface area contributed by atoms with Crippen molar-refractivity contribution >= 4 is 36.6 Å². The van der Waals surface area contributed by atoms with Crippen LogP contribution in [0, 0.1) is 0 Å². The predicted molar refractivity (Wildman–Crippen MR) is 103 cm³/mol. The second-order valence-corrected chi connectivity index (χ2v) is 9.08. The summed E-state index contributed by atoms with van der Waals surface area (Å²) in [5.74, 6) is 0. The molecule has 0 aliphatic heterocycles. The third-order valence-corrected chi connectivity index (χ3v) is 6.10. The number of hydrogen-bond acceptors (Lipinski definition) is 6. The zero-order valence-electron chi connectivity index (χ0n) is 14.4. The van der Waals surface area contributed by atoms with Crippen molar-refractivity contribution in [2.75, 3.05) is 11.8 Å². The number of nitrogens with two attached hydrogens (primary N) is 1. The van der Waals surface area contributed by atoms with Crippen LogP contribution in [0.1, 0.15) is 5.69 Å². The number of benzene rings is 2. The number of aromatic nitrogens is 1. The number of nitrogens with zero attached hydrogens (tertiary/aromatic N) is 1. The van der Waals surface area contributed by atoms with Gasteiger partial charge in [0.2, 0.25) is 10.0 Å². The highest BCUT2D eigenvalue weighted by atomic mass is 32.2. The Labute approximate surface area is 157 Å². The minimum absolute atomic E-state index is 0.211. The Kier molecular flexibility index (Phi) is 5.16. The number of nitrogens with one attached hydrogen (secondary N) is 2. The molecule has 0 saturated carbocycles. The van der Waals surface area contributed by atoms with Crippen LogP contribution in [0.25, 0.3) is 10.9 Å². The van der Waals surface area contributed by atoms with Crippen LogP contribution in [0.4, 0.5) is 5.69 Å². The Morgan fingerprint density at radius 1 is 0.963 bits per heavy atom. The maximum Gasteiger partial charge on any atom is 0.262 e. The molecule has 0 bridgehead atoms. The van der Waals surface area contributed by atoms with Crippen molar-refractivity contribution in [3.05, 3.63) is 60.3 Å². The first-order valence-corrected chi connectivity index (χ1v) is 10.9. The minimum atomic E-state index is -4.04. The zero-order valence-corrected chi connectivity index (χ0v) is 16.0. The van der Waals surface area contributed by atoms with Gasteiger partial charge in [0.05, 0.1) is 26.7 Å². The van der Waals surface area contributed by atoms with Gasteiger partial charge in [0.1, 0.15) is 0 Å². The molecule has 0 aliphatic carbocycles. The highest BCUT2D eigenvalue weighted by Gasteiger charge is 2.19. The molecule has 3 aromatic rings. The average Bonchev–Trinajstić information content (AvgIpc) is 2.62. The van der Waals surface area contributed by atoms with E-state index in [0.29, 0.717) is 17.7 Å². The van der Waals surface area contributed by atoms with E-state index in [1.807, 2.05) is 18.2 Å². The Morgan fingerprint density at radius 3 is 2.37 bits per heavy atom. The molecule has 8 nitrogen and oxygen atoms in total. The topological polar surface area (TPSA) is 131 Å². The van der Waals surface area contributed by atoms with Crippen molar-refractivity contribution in [2.45, 2.75) is 16.3 Å². The molecule has 0 atom stereocenters. The van der Waals surface area contributed by atoms with Gasteiger partial charge in [0, 0.05) is 11.9 Å². The number of sulfonamides is 2. The summed E-state index contributed by atoms with van der Waals surface area (Å²) in [6.07, 6.45) is 0. The first-order chi connectivity index (χ1) is 12.7. The molecule has 1 heterocycles. The van der Waals surface area contributed by atoms with Crippen molar-refractivity contribution in [1.82, 2.24) is 10.3 Å². The lowest BCUT2D eigenvalue weighted by Gasteiger charge is -2.12. The van der Waals surface area contributed by atoms with E-state index in [2.05, 4.69) is 15.0 Å². The van der Waals surface area contributed by atoms with E-state index < -0.39 is 20.0 Å². The predicted octanol–water partition coefficient (Wildman–Crippen LogP) is 1.40. The van der Waals surface area contributed by atoms with Crippen LogP contribution in [0.15, 0.2) is 64.4 Å². The SMILES string of the molecule is CNCc1ccc2cccc(NS(=O)(=O)c3cccc(S(N)(=O)=O)c3)c2n1. The van der Waals surface area contributed by atoms with Crippen molar-refractivity contribution < 1.29 is 16.8 Å². The fourth-order valence-electron chi connectivity index (χ4n) is 2.57. The van der Waals surface area contributed by atoms with Crippen molar-refractivity contribution in [3.8, 4) is 0 Å². The molecule has 4 N–H and O–H groups in total. The van der Waals surface area contributed by atoms with E-state index in [4.69, 9.17) is 5.14 Å². The number of para-hydroxylation sites is 1. The molecule has 1 aromatic heterocycles. The summed E-state index contributed by atoms with van der Waals surface area (Å²) in [7, 11) is -6.26. The van der Waals surface area contributed by atoms with Gasteiger partial charge in [-0.15, -0.1) is 0 Å². The van der Waals surface area contributed by atoms with Crippen LogP contribution in [0.5, 0.6) is 0 Å². The minimum Gasteiger partial charge on any atom is -0.314 e. The lowest BCUT2D eigenvalue weighted by Crippen LogP contribution is -2.16. The number of hydrogen-bond donors (Lipinski definition) is 3. The lowest BCUT2D eigenvalue weighted by molar-refractivity contribution is 0.597. The number of anilines is 1. The molecule has 0 aliphatic rings.